The van der Waals surface area contributed by atoms with Crippen molar-refractivity contribution in [1.82, 2.24) is 46.0 Å². The lowest BCUT2D eigenvalue weighted by Gasteiger charge is -2.48. The zero-order chi connectivity index (χ0) is 29.6. The van der Waals surface area contributed by atoms with Crippen molar-refractivity contribution < 1.29 is 29.4 Å². The second kappa shape index (κ2) is 11.4. The predicted molar refractivity (Wildman–Crippen MR) is 143 cm³/mol. The van der Waals surface area contributed by atoms with Gasteiger partial charge in [-0.1, -0.05) is 6.92 Å². The number of carboxylic acids is 1. The number of hydrogen-bond acceptors (Lipinski definition) is 11. The van der Waals surface area contributed by atoms with Crippen molar-refractivity contribution in [2.24, 2.45) is 17.6 Å². The molecule has 0 radical (unpaired) electrons. The minimum absolute atomic E-state index is 0.0578. The van der Waals surface area contributed by atoms with Gasteiger partial charge in [0.1, 0.15) is 18.9 Å². The summed E-state index contributed by atoms with van der Waals surface area (Å²) in [5.74, 6) is -2.89. The minimum atomic E-state index is -1.08. The maximum absolute atomic E-state index is 13.2. The number of nitrogens with zero attached hydrogens (tertiary/aromatic N) is 6. The zero-order valence-corrected chi connectivity index (χ0v) is 23.4. The van der Waals surface area contributed by atoms with Crippen LogP contribution in [0.1, 0.15) is 20.3 Å². The van der Waals surface area contributed by atoms with Gasteiger partial charge in [-0.05, 0) is 29.7 Å². The first-order valence-electron chi connectivity index (χ1n) is 13.5. The number of β-lactam (4-membered cyclic amide) rings is 1. The molecular formula is C23H35N11O6S. The molecule has 0 aliphatic carbocycles. The molecule has 17 nitrogen and oxygen atoms in total. The van der Waals surface area contributed by atoms with Crippen molar-refractivity contribution in [3.05, 3.63) is 6.33 Å². The number of hydrogen-bond donors (Lipinski definition) is 7. The smallest absolute Gasteiger partial charge is 0.327 e. The second-order valence-electron chi connectivity index (χ2n) is 11.2. The molecule has 4 aliphatic rings. The van der Waals surface area contributed by atoms with Crippen LogP contribution < -0.4 is 21.7 Å². The molecule has 0 saturated carbocycles. The topological polar surface area (TPSA) is 245 Å². The van der Waals surface area contributed by atoms with Crippen molar-refractivity contribution in [1.29, 1.82) is 5.41 Å². The van der Waals surface area contributed by atoms with Gasteiger partial charge in [0, 0.05) is 42.2 Å². The van der Waals surface area contributed by atoms with Gasteiger partial charge in [-0.15, -0.1) is 5.10 Å². The monoisotopic (exact) mass is 593 g/mol. The van der Waals surface area contributed by atoms with E-state index in [1.807, 2.05) is 6.92 Å². The number of nitrogens with two attached hydrogens (primary N) is 1. The van der Waals surface area contributed by atoms with Crippen molar-refractivity contribution in [2.45, 2.75) is 73.6 Å². The van der Waals surface area contributed by atoms with Crippen LogP contribution in [-0.4, -0.2) is 136 Å². The van der Waals surface area contributed by atoms with Gasteiger partial charge in [0.15, 0.2) is 5.96 Å². The van der Waals surface area contributed by atoms with Crippen molar-refractivity contribution >= 4 is 41.4 Å². The molecule has 0 aromatic carbocycles. The normalized spacial score (nSPS) is 35.1. The Balaban J connectivity index is 1.19. The van der Waals surface area contributed by atoms with Gasteiger partial charge in [-0.25, -0.2) is 9.48 Å². The fourth-order valence-electron chi connectivity index (χ4n) is 6.60. The number of aliphatic hydroxyl groups excluding tert-OH is 1. The molecule has 1 aromatic rings. The lowest BCUT2D eigenvalue weighted by atomic mass is 9.78. The average molecular weight is 594 g/mol. The van der Waals surface area contributed by atoms with E-state index in [9.17, 15) is 29.4 Å². The van der Waals surface area contributed by atoms with Crippen molar-refractivity contribution in [3.8, 4) is 0 Å². The van der Waals surface area contributed by atoms with Gasteiger partial charge in [-0.3, -0.25) is 19.8 Å². The van der Waals surface area contributed by atoms with Gasteiger partial charge < -0.3 is 41.7 Å². The molecule has 0 bridgehead atoms. The number of carboxylic acid groups (broad SMARTS) is 1. The molecule has 4 fully saturated rings. The zero-order valence-electron chi connectivity index (χ0n) is 22.6. The summed E-state index contributed by atoms with van der Waals surface area (Å²) in [6.45, 7) is 4.42. The number of aromatic nitrogens is 4. The quantitative estimate of drug-likeness (QED) is 0.0821. The van der Waals surface area contributed by atoms with Crippen LogP contribution in [0.15, 0.2) is 6.33 Å². The Hall–Kier alpha value is -3.51. The number of aliphatic carboxylic acids is 1. The average Bonchev–Trinajstić information content (AvgIpc) is 3.68. The first-order chi connectivity index (χ1) is 19.5. The Morgan fingerprint density at radius 1 is 1.34 bits per heavy atom. The molecule has 3 amide bonds. The number of guanidine groups is 1. The summed E-state index contributed by atoms with van der Waals surface area (Å²) in [5, 5.41) is 46.6. The van der Waals surface area contributed by atoms with E-state index in [1.54, 1.807) is 11.8 Å². The number of amides is 3. The van der Waals surface area contributed by atoms with Crippen LogP contribution in [-0.2, 0) is 25.7 Å². The maximum Gasteiger partial charge on any atom is 0.327 e. The number of tetrazole rings is 1. The predicted octanol–water partition coefficient (Wildman–Crippen LogP) is -4.01. The van der Waals surface area contributed by atoms with Crippen LogP contribution in [0.3, 0.4) is 0 Å². The largest absolute Gasteiger partial charge is 0.480 e. The third-order valence-electron chi connectivity index (χ3n) is 8.45. The first kappa shape index (κ1) is 29.0. The highest BCUT2D eigenvalue weighted by atomic mass is 32.2. The molecule has 224 valence electrons. The fourth-order valence-corrected chi connectivity index (χ4v) is 8.35. The summed E-state index contributed by atoms with van der Waals surface area (Å²) in [6.07, 6.45) is 0.945. The molecule has 41 heavy (non-hydrogen) atoms. The van der Waals surface area contributed by atoms with Gasteiger partial charge >= 0.3 is 5.97 Å². The van der Waals surface area contributed by atoms with E-state index in [4.69, 9.17) is 11.1 Å². The highest BCUT2D eigenvalue weighted by molar-refractivity contribution is 8.00. The number of fused-ring (bicyclic) bond motifs is 1. The van der Waals surface area contributed by atoms with Crippen LogP contribution in [0.2, 0.25) is 0 Å². The number of β-amino-alcohol motifs (C(OH)–C–C–N with tert-alkyl or cyclic N) is 1. The Kier molecular flexibility index (Phi) is 8.06. The van der Waals surface area contributed by atoms with Crippen molar-refractivity contribution in [2.75, 3.05) is 19.6 Å². The van der Waals surface area contributed by atoms with E-state index >= 15 is 0 Å². The minimum Gasteiger partial charge on any atom is -0.480 e. The Bertz CT molecular complexity index is 1200. The van der Waals surface area contributed by atoms with Crippen LogP contribution in [0, 0.1) is 17.2 Å². The van der Waals surface area contributed by atoms with Crippen LogP contribution in [0.25, 0.3) is 0 Å². The highest BCUT2D eigenvalue weighted by Gasteiger charge is 2.65. The number of likely N-dealkylation sites (tertiary alicyclic amines) is 1. The third kappa shape index (κ3) is 5.54. The van der Waals surface area contributed by atoms with E-state index < -0.39 is 47.4 Å². The van der Waals surface area contributed by atoms with E-state index in [0.717, 1.165) is 0 Å². The SMILES string of the molecule is CC(NC(=O)Cn1cnnn1)[C@H]1C(=O)N2C(C(=O)O)C(SC3CNC(C(=O)N4CC(NC(=N)N)[C@@H](O)C4)C3)C(C)[C@H]12. The summed E-state index contributed by atoms with van der Waals surface area (Å²) < 4.78 is 1.27. The van der Waals surface area contributed by atoms with Gasteiger partial charge in [-0.2, -0.15) is 11.8 Å². The molecule has 10 atom stereocenters. The molecule has 18 heteroatoms. The van der Waals surface area contributed by atoms with E-state index in [1.165, 1.54) is 27.7 Å². The number of thioether (sulfide) groups is 1. The number of rotatable bonds is 9. The highest BCUT2D eigenvalue weighted by Crippen LogP contribution is 2.50. The van der Waals surface area contributed by atoms with Crippen molar-refractivity contribution in [3.63, 3.8) is 0 Å². The molecule has 4 aliphatic heterocycles. The van der Waals surface area contributed by atoms with E-state index in [2.05, 4.69) is 31.5 Å². The summed E-state index contributed by atoms with van der Waals surface area (Å²) in [5.41, 5.74) is 5.37. The van der Waals surface area contributed by atoms with Gasteiger partial charge in [0.05, 0.1) is 24.1 Å². The summed E-state index contributed by atoms with van der Waals surface area (Å²) >= 11 is 1.49. The van der Waals surface area contributed by atoms with Crippen LogP contribution in [0.5, 0.6) is 0 Å². The molecular weight excluding hydrogens is 558 g/mol. The number of nitrogens with one attached hydrogen (secondary N) is 4. The fraction of sp³-hybridized carbons (Fsp3) is 0.739. The standard InChI is InChI=1S/C23H35N11O6S/c1-9-17-16(10(2)28-15(36)7-33-8-27-30-31-33)21(38)34(17)18(22(39)40)19(9)41-11-3-12(26-4-11)20(37)32-5-13(14(35)6-32)29-23(24)25/h8-14,16-19,26,35H,3-7H2,1-2H3,(H,28,36)(H,39,40)(H4,24,25,29)/t9?,10?,11?,12?,13?,14-,16+,17+,18?,19?/m0/s1. The first-order valence-corrected chi connectivity index (χ1v) is 14.4. The van der Waals surface area contributed by atoms with Gasteiger partial charge in [0.2, 0.25) is 17.7 Å². The number of carbonyl (C=O) groups excluding carboxylic acids is 3. The molecule has 7 unspecified atom stereocenters. The number of aliphatic hydroxyl groups is 1. The third-order valence-corrected chi connectivity index (χ3v) is 10.2. The van der Waals surface area contributed by atoms with Crippen LogP contribution in [0.4, 0.5) is 0 Å². The second-order valence-corrected chi connectivity index (χ2v) is 12.6. The van der Waals surface area contributed by atoms with E-state index in [0.29, 0.717) is 13.0 Å². The Morgan fingerprint density at radius 2 is 2.10 bits per heavy atom. The maximum atomic E-state index is 13.2. The summed E-state index contributed by atoms with van der Waals surface area (Å²) in [7, 11) is 0. The molecule has 4 saturated heterocycles. The number of carbonyl (C=O) groups is 4. The molecule has 1 aromatic heterocycles. The lowest BCUT2D eigenvalue weighted by molar-refractivity contribution is -0.166. The summed E-state index contributed by atoms with van der Waals surface area (Å²) in [6, 6.07) is -2.86. The molecule has 5 rings (SSSR count). The molecule has 0 spiro atoms. The molecule has 8 N–H and O–H groups in total. The summed E-state index contributed by atoms with van der Waals surface area (Å²) in [4.78, 5) is 54.1. The van der Waals surface area contributed by atoms with Crippen LogP contribution >= 0.6 is 11.8 Å². The van der Waals surface area contributed by atoms with Gasteiger partial charge in [0.25, 0.3) is 0 Å². The molecule has 5 heterocycles. The lowest BCUT2D eigenvalue weighted by Crippen LogP contribution is -2.68. The van der Waals surface area contributed by atoms with E-state index in [-0.39, 0.29) is 60.5 Å². The Labute approximate surface area is 239 Å². The Morgan fingerprint density at radius 3 is 2.76 bits per heavy atom.